The van der Waals surface area contributed by atoms with Crippen LogP contribution in [0, 0.1) is 0 Å². The maximum absolute atomic E-state index is 11.4. The number of hydrogen-bond acceptors (Lipinski definition) is 6. The molecule has 2 aliphatic heterocycles. The van der Waals surface area contributed by atoms with E-state index < -0.39 is 0 Å². The first-order valence-corrected chi connectivity index (χ1v) is 6.79. The number of aromatic nitrogens is 2. The first-order chi connectivity index (χ1) is 9.34. The third-order valence-electron chi connectivity index (χ3n) is 3.76. The number of carbonyl (C=O) groups is 1. The third-order valence-corrected chi connectivity index (χ3v) is 3.76. The lowest BCUT2D eigenvalue weighted by Crippen LogP contribution is -2.43. The SMILES string of the molecule is O=C1OCC[C@@H]1NC[C@@H]1CCCN1c1cccnn1. The van der Waals surface area contributed by atoms with Crippen LogP contribution in [0.25, 0.3) is 0 Å². The predicted octanol–water partition coefficient (Wildman–Crippen LogP) is 0.350. The second-order valence-electron chi connectivity index (χ2n) is 4.99. The van der Waals surface area contributed by atoms with Crippen molar-refractivity contribution in [3.05, 3.63) is 18.3 Å². The number of esters is 1. The molecule has 0 radical (unpaired) electrons. The van der Waals surface area contributed by atoms with Gasteiger partial charge in [0.2, 0.25) is 0 Å². The molecule has 0 unspecified atom stereocenters. The molecule has 0 saturated carbocycles. The van der Waals surface area contributed by atoms with E-state index in [0.29, 0.717) is 12.6 Å². The van der Waals surface area contributed by atoms with Crippen molar-refractivity contribution in [3.63, 3.8) is 0 Å². The van der Waals surface area contributed by atoms with Gasteiger partial charge in [-0.1, -0.05) is 0 Å². The van der Waals surface area contributed by atoms with Crippen LogP contribution in [0.2, 0.25) is 0 Å². The van der Waals surface area contributed by atoms with Crippen LogP contribution in [-0.2, 0) is 9.53 Å². The number of hydrogen-bond donors (Lipinski definition) is 1. The quantitative estimate of drug-likeness (QED) is 0.790. The number of cyclic esters (lactones) is 1. The van der Waals surface area contributed by atoms with Gasteiger partial charge in [-0.15, -0.1) is 5.10 Å². The first kappa shape index (κ1) is 12.3. The molecule has 6 nitrogen and oxygen atoms in total. The number of ether oxygens (including phenoxy) is 1. The Hall–Kier alpha value is -1.69. The van der Waals surface area contributed by atoms with Gasteiger partial charge in [-0.05, 0) is 25.0 Å². The molecule has 2 fully saturated rings. The van der Waals surface area contributed by atoms with E-state index in [2.05, 4.69) is 20.4 Å². The van der Waals surface area contributed by atoms with Gasteiger partial charge < -0.3 is 15.0 Å². The summed E-state index contributed by atoms with van der Waals surface area (Å²) in [6, 6.07) is 4.13. The van der Waals surface area contributed by atoms with Crippen LogP contribution < -0.4 is 10.2 Å². The van der Waals surface area contributed by atoms with E-state index in [1.807, 2.05) is 12.1 Å². The molecule has 2 atom stereocenters. The Morgan fingerprint density at radius 2 is 2.42 bits per heavy atom. The van der Waals surface area contributed by atoms with E-state index >= 15 is 0 Å². The van der Waals surface area contributed by atoms with E-state index in [0.717, 1.165) is 38.2 Å². The fraction of sp³-hybridized carbons (Fsp3) is 0.615. The summed E-state index contributed by atoms with van der Waals surface area (Å²) in [7, 11) is 0. The molecule has 19 heavy (non-hydrogen) atoms. The first-order valence-electron chi connectivity index (χ1n) is 6.79. The summed E-state index contributed by atoms with van der Waals surface area (Å²) in [6.45, 7) is 2.32. The fourth-order valence-corrected chi connectivity index (χ4v) is 2.76. The molecule has 0 bridgehead atoms. The van der Waals surface area contributed by atoms with Gasteiger partial charge >= 0.3 is 5.97 Å². The van der Waals surface area contributed by atoms with Gasteiger partial charge in [-0.25, -0.2) is 0 Å². The van der Waals surface area contributed by atoms with E-state index in [1.165, 1.54) is 0 Å². The average Bonchev–Trinajstić information content (AvgIpc) is 3.06. The summed E-state index contributed by atoms with van der Waals surface area (Å²) in [5, 5.41) is 11.4. The zero-order chi connectivity index (χ0) is 13.1. The summed E-state index contributed by atoms with van der Waals surface area (Å²) in [6.07, 6.45) is 4.72. The molecule has 0 aromatic carbocycles. The van der Waals surface area contributed by atoms with Crippen LogP contribution in [0.15, 0.2) is 18.3 Å². The Labute approximate surface area is 112 Å². The molecule has 1 aromatic rings. The Bertz CT molecular complexity index is 440. The van der Waals surface area contributed by atoms with E-state index in [1.54, 1.807) is 6.20 Å². The topological polar surface area (TPSA) is 67.3 Å². The van der Waals surface area contributed by atoms with Gasteiger partial charge in [0.05, 0.1) is 6.61 Å². The largest absolute Gasteiger partial charge is 0.464 e. The maximum Gasteiger partial charge on any atom is 0.323 e. The highest BCUT2D eigenvalue weighted by atomic mass is 16.5. The van der Waals surface area contributed by atoms with Crippen LogP contribution in [0.3, 0.4) is 0 Å². The lowest BCUT2D eigenvalue weighted by Gasteiger charge is -2.26. The zero-order valence-corrected chi connectivity index (χ0v) is 10.8. The van der Waals surface area contributed by atoms with E-state index in [-0.39, 0.29) is 12.0 Å². The van der Waals surface area contributed by atoms with Crippen molar-refractivity contribution in [1.82, 2.24) is 15.5 Å². The molecule has 2 aliphatic rings. The predicted molar refractivity (Wildman–Crippen MR) is 69.8 cm³/mol. The minimum Gasteiger partial charge on any atom is -0.464 e. The minimum absolute atomic E-state index is 0.121. The van der Waals surface area contributed by atoms with Crippen molar-refractivity contribution >= 4 is 11.8 Å². The van der Waals surface area contributed by atoms with E-state index in [4.69, 9.17) is 4.74 Å². The molecule has 6 heteroatoms. The zero-order valence-electron chi connectivity index (χ0n) is 10.8. The maximum atomic E-state index is 11.4. The van der Waals surface area contributed by atoms with Crippen molar-refractivity contribution in [2.24, 2.45) is 0 Å². The van der Waals surface area contributed by atoms with Crippen molar-refractivity contribution < 1.29 is 9.53 Å². The molecule has 3 rings (SSSR count). The number of carbonyl (C=O) groups excluding carboxylic acids is 1. The van der Waals surface area contributed by atoms with Gasteiger partial charge in [0.25, 0.3) is 0 Å². The summed E-state index contributed by atoms with van der Waals surface area (Å²) < 4.78 is 4.95. The van der Waals surface area contributed by atoms with Gasteiger partial charge in [0.1, 0.15) is 6.04 Å². The highest BCUT2D eigenvalue weighted by molar-refractivity contribution is 5.77. The molecule has 1 aromatic heterocycles. The lowest BCUT2D eigenvalue weighted by molar-refractivity contribution is -0.139. The Morgan fingerprint density at radius 3 is 3.16 bits per heavy atom. The molecule has 102 valence electrons. The molecular formula is C13H18N4O2. The Morgan fingerprint density at radius 1 is 1.47 bits per heavy atom. The molecule has 3 heterocycles. The van der Waals surface area contributed by atoms with Crippen molar-refractivity contribution in [2.75, 3.05) is 24.6 Å². The van der Waals surface area contributed by atoms with Gasteiger partial charge in [-0.3, -0.25) is 4.79 Å². The van der Waals surface area contributed by atoms with Crippen LogP contribution in [-0.4, -0.2) is 47.9 Å². The minimum atomic E-state index is -0.135. The van der Waals surface area contributed by atoms with E-state index in [9.17, 15) is 4.79 Å². The number of nitrogens with zero attached hydrogens (tertiary/aromatic N) is 3. The highest BCUT2D eigenvalue weighted by Crippen LogP contribution is 2.22. The number of rotatable bonds is 4. The number of anilines is 1. The standard InChI is InChI=1S/C13H18N4O2/c18-13-11(5-8-19-13)14-9-10-3-2-7-17(10)12-4-1-6-15-16-12/h1,4,6,10-11,14H,2-3,5,7-9H2/t10-,11-/m0/s1. The molecule has 2 saturated heterocycles. The van der Waals surface area contributed by atoms with Gasteiger partial charge in [0.15, 0.2) is 5.82 Å². The molecule has 0 aliphatic carbocycles. The lowest BCUT2D eigenvalue weighted by atomic mass is 10.2. The molecule has 1 N–H and O–H groups in total. The second kappa shape index (κ2) is 5.52. The van der Waals surface area contributed by atoms with Gasteiger partial charge in [0, 0.05) is 31.7 Å². The molecule has 0 amide bonds. The van der Waals surface area contributed by atoms with Crippen molar-refractivity contribution in [1.29, 1.82) is 0 Å². The second-order valence-corrected chi connectivity index (χ2v) is 4.99. The smallest absolute Gasteiger partial charge is 0.323 e. The number of nitrogens with one attached hydrogen (secondary N) is 1. The summed E-state index contributed by atoms with van der Waals surface area (Å²) in [5.74, 6) is 0.796. The Balaban J connectivity index is 1.59. The third kappa shape index (κ3) is 2.68. The van der Waals surface area contributed by atoms with Gasteiger partial charge in [-0.2, -0.15) is 5.10 Å². The van der Waals surface area contributed by atoms with Crippen LogP contribution in [0.4, 0.5) is 5.82 Å². The monoisotopic (exact) mass is 262 g/mol. The molecule has 0 spiro atoms. The highest BCUT2D eigenvalue weighted by Gasteiger charge is 2.30. The summed E-state index contributed by atoms with van der Waals surface area (Å²) in [4.78, 5) is 13.7. The van der Waals surface area contributed by atoms with Crippen molar-refractivity contribution in [2.45, 2.75) is 31.3 Å². The summed E-state index contributed by atoms with van der Waals surface area (Å²) >= 11 is 0. The average molecular weight is 262 g/mol. The molecular weight excluding hydrogens is 244 g/mol. The summed E-state index contributed by atoms with van der Waals surface area (Å²) in [5.41, 5.74) is 0. The van der Waals surface area contributed by atoms with Crippen molar-refractivity contribution in [3.8, 4) is 0 Å². The Kier molecular flexibility index (Phi) is 3.59. The van der Waals surface area contributed by atoms with Crippen LogP contribution >= 0.6 is 0 Å². The van der Waals surface area contributed by atoms with Crippen LogP contribution in [0.5, 0.6) is 0 Å². The normalized spacial score (nSPS) is 26.7. The van der Waals surface area contributed by atoms with Crippen LogP contribution in [0.1, 0.15) is 19.3 Å². The fourth-order valence-electron chi connectivity index (χ4n) is 2.76.